The molecular weight excluding hydrogens is 294 g/mol. The zero-order valence-corrected chi connectivity index (χ0v) is 10.9. The molecule has 2 rings (SSSR count). The van der Waals surface area contributed by atoms with Crippen molar-refractivity contribution in [3.05, 3.63) is 22.7 Å². The number of sulfonamides is 1. The van der Waals surface area contributed by atoms with Crippen molar-refractivity contribution >= 4 is 31.6 Å². The van der Waals surface area contributed by atoms with Crippen LogP contribution in [0.15, 0.2) is 22.7 Å². The van der Waals surface area contributed by atoms with Gasteiger partial charge >= 0.3 is 0 Å². The third-order valence-electron chi connectivity index (χ3n) is 2.38. The minimum atomic E-state index is -3.34. The van der Waals surface area contributed by atoms with E-state index in [0.29, 0.717) is 0 Å². The number of anilines is 1. The third kappa shape index (κ3) is 3.12. The van der Waals surface area contributed by atoms with Crippen LogP contribution >= 0.6 is 15.9 Å². The molecule has 0 unspecified atom stereocenters. The molecule has 16 heavy (non-hydrogen) atoms. The summed E-state index contributed by atoms with van der Waals surface area (Å²) in [4.78, 5) is 0. The Labute approximate surface area is 103 Å². The standard InChI is InChI=1S/C10H12BrNO3S/c11-8-3-4-10(13)9(5-8)12-16(14,15)6-7-1-2-7/h3-5,7,12-13H,1-2,6H2. The summed E-state index contributed by atoms with van der Waals surface area (Å²) < 4.78 is 26.5. The molecule has 0 atom stereocenters. The fourth-order valence-corrected chi connectivity index (χ4v) is 3.29. The van der Waals surface area contributed by atoms with Crippen molar-refractivity contribution in [2.24, 2.45) is 5.92 Å². The molecule has 1 aliphatic carbocycles. The average molecular weight is 306 g/mol. The van der Waals surface area contributed by atoms with Gasteiger partial charge in [-0.1, -0.05) is 15.9 Å². The van der Waals surface area contributed by atoms with Crippen molar-refractivity contribution in [3.8, 4) is 5.75 Å². The van der Waals surface area contributed by atoms with E-state index in [4.69, 9.17) is 0 Å². The SMILES string of the molecule is O=S(=O)(CC1CC1)Nc1cc(Br)ccc1O. The van der Waals surface area contributed by atoms with Gasteiger partial charge in [0.15, 0.2) is 0 Å². The highest BCUT2D eigenvalue weighted by atomic mass is 79.9. The summed E-state index contributed by atoms with van der Waals surface area (Å²) in [6.45, 7) is 0. The molecule has 0 bridgehead atoms. The lowest BCUT2D eigenvalue weighted by molar-refractivity contribution is 0.477. The zero-order chi connectivity index (χ0) is 11.8. The van der Waals surface area contributed by atoms with Crippen molar-refractivity contribution in [1.29, 1.82) is 0 Å². The number of aromatic hydroxyl groups is 1. The van der Waals surface area contributed by atoms with Crippen LogP contribution in [0.5, 0.6) is 5.75 Å². The Balaban J connectivity index is 2.15. The Morgan fingerprint density at radius 3 is 2.75 bits per heavy atom. The van der Waals surface area contributed by atoms with E-state index in [1.165, 1.54) is 6.07 Å². The van der Waals surface area contributed by atoms with Crippen LogP contribution in [0.1, 0.15) is 12.8 Å². The van der Waals surface area contributed by atoms with Crippen LogP contribution in [0, 0.1) is 5.92 Å². The van der Waals surface area contributed by atoms with Crippen LogP contribution in [-0.4, -0.2) is 19.3 Å². The van der Waals surface area contributed by atoms with Crippen LogP contribution in [0.3, 0.4) is 0 Å². The van der Waals surface area contributed by atoms with Gasteiger partial charge in [-0.3, -0.25) is 4.72 Å². The lowest BCUT2D eigenvalue weighted by atomic mass is 10.3. The Kier molecular flexibility index (Phi) is 3.12. The number of hydrogen-bond acceptors (Lipinski definition) is 3. The number of phenolic OH excluding ortho intramolecular Hbond substituents is 1. The maximum atomic E-state index is 11.7. The monoisotopic (exact) mass is 305 g/mol. The summed E-state index contributed by atoms with van der Waals surface area (Å²) in [6, 6.07) is 4.63. The van der Waals surface area contributed by atoms with Crippen LogP contribution in [0.25, 0.3) is 0 Å². The van der Waals surface area contributed by atoms with Crippen molar-refractivity contribution in [3.63, 3.8) is 0 Å². The number of benzene rings is 1. The maximum Gasteiger partial charge on any atom is 0.233 e. The van der Waals surface area contributed by atoms with Crippen molar-refractivity contribution < 1.29 is 13.5 Å². The first-order valence-corrected chi connectivity index (χ1v) is 7.40. The molecule has 4 nitrogen and oxygen atoms in total. The van der Waals surface area contributed by atoms with E-state index in [1.54, 1.807) is 12.1 Å². The number of nitrogens with one attached hydrogen (secondary N) is 1. The molecule has 1 saturated carbocycles. The third-order valence-corrected chi connectivity index (χ3v) is 4.31. The topological polar surface area (TPSA) is 66.4 Å². The molecule has 1 fully saturated rings. The van der Waals surface area contributed by atoms with Gasteiger partial charge in [-0.15, -0.1) is 0 Å². The Bertz CT molecular complexity index is 497. The summed E-state index contributed by atoms with van der Waals surface area (Å²) in [5.41, 5.74) is 0.218. The largest absolute Gasteiger partial charge is 0.506 e. The highest BCUT2D eigenvalue weighted by molar-refractivity contribution is 9.10. The minimum absolute atomic E-state index is 0.0671. The molecule has 6 heteroatoms. The number of rotatable bonds is 4. The molecule has 88 valence electrons. The lowest BCUT2D eigenvalue weighted by Crippen LogP contribution is -2.17. The van der Waals surface area contributed by atoms with Gasteiger partial charge in [0.05, 0.1) is 11.4 Å². The first kappa shape index (κ1) is 11.7. The second kappa shape index (κ2) is 4.25. The van der Waals surface area contributed by atoms with Gasteiger partial charge in [0.1, 0.15) is 5.75 Å². The second-order valence-corrected chi connectivity index (χ2v) is 6.67. The maximum absolute atomic E-state index is 11.7. The van der Waals surface area contributed by atoms with E-state index in [2.05, 4.69) is 20.7 Å². The van der Waals surface area contributed by atoms with Crippen LogP contribution < -0.4 is 4.72 Å². The molecule has 0 heterocycles. The summed E-state index contributed by atoms with van der Waals surface area (Å²) in [5.74, 6) is 0.355. The predicted octanol–water partition coefficient (Wildman–Crippen LogP) is 2.31. The Morgan fingerprint density at radius 1 is 1.44 bits per heavy atom. The van der Waals surface area contributed by atoms with Crippen LogP contribution in [-0.2, 0) is 10.0 Å². The zero-order valence-electron chi connectivity index (χ0n) is 8.48. The van der Waals surface area contributed by atoms with E-state index in [1.807, 2.05) is 0 Å². The summed E-state index contributed by atoms with van der Waals surface area (Å²) in [6.07, 6.45) is 1.96. The van der Waals surface area contributed by atoms with E-state index in [0.717, 1.165) is 17.3 Å². The first-order valence-electron chi connectivity index (χ1n) is 4.95. The summed E-state index contributed by atoms with van der Waals surface area (Å²) in [7, 11) is -3.34. The van der Waals surface area contributed by atoms with Gasteiger partial charge in [-0.05, 0) is 37.0 Å². The van der Waals surface area contributed by atoms with Gasteiger partial charge in [0.25, 0.3) is 0 Å². The van der Waals surface area contributed by atoms with Gasteiger partial charge in [-0.25, -0.2) is 8.42 Å². The Hall–Kier alpha value is -0.750. The molecule has 0 aliphatic heterocycles. The smallest absolute Gasteiger partial charge is 0.233 e. The van der Waals surface area contributed by atoms with Crippen molar-refractivity contribution in [2.75, 3.05) is 10.5 Å². The second-order valence-electron chi connectivity index (χ2n) is 3.99. The van der Waals surface area contributed by atoms with E-state index in [9.17, 15) is 13.5 Å². The first-order chi connectivity index (χ1) is 7.46. The highest BCUT2D eigenvalue weighted by Crippen LogP contribution is 2.32. The molecule has 0 radical (unpaired) electrons. The van der Waals surface area contributed by atoms with Gasteiger partial charge in [0, 0.05) is 4.47 Å². The number of hydrogen-bond donors (Lipinski definition) is 2. The molecule has 0 spiro atoms. The Morgan fingerprint density at radius 2 is 2.12 bits per heavy atom. The van der Waals surface area contributed by atoms with Gasteiger partial charge in [-0.2, -0.15) is 0 Å². The van der Waals surface area contributed by atoms with Crippen molar-refractivity contribution in [2.45, 2.75) is 12.8 Å². The number of phenols is 1. The van der Waals surface area contributed by atoms with E-state index < -0.39 is 10.0 Å². The van der Waals surface area contributed by atoms with Crippen molar-refractivity contribution in [1.82, 2.24) is 0 Å². The number of halogens is 1. The van der Waals surface area contributed by atoms with Gasteiger partial charge < -0.3 is 5.11 Å². The fraction of sp³-hybridized carbons (Fsp3) is 0.400. The van der Waals surface area contributed by atoms with E-state index in [-0.39, 0.29) is 23.1 Å². The van der Waals surface area contributed by atoms with Crippen LogP contribution in [0.4, 0.5) is 5.69 Å². The molecule has 1 aromatic rings. The molecule has 2 N–H and O–H groups in total. The van der Waals surface area contributed by atoms with Gasteiger partial charge in [0.2, 0.25) is 10.0 Å². The molecule has 0 saturated heterocycles. The lowest BCUT2D eigenvalue weighted by Gasteiger charge is -2.09. The normalized spacial score (nSPS) is 16.1. The fourth-order valence-electron chi connectivity index (χ4n) is 1.39. The predicted molar refractivity (Wildman–Crippen MR) is 65.9 cm³/mol. The average Bonchev–Trinajstić information content (AvgIpc) is 2.94. The molecular formula is C10H12BrNO3S. The molecule has 1 aromatic carbocycles. The van der Waals surface area contributed by atoms with Crippen LogP contribution in [0.2, 0.25) is 0 Å². The molecule has 0 amide bonds. The molecule has 1 aliphatic rings. The quantitative estimate of drug-likeness (QED) is 0.839. The summed E-state index contributed by atoms with van der Waals surface area (Å²) in [5, 5.41) is 9.50. The minimum Gasteiger partial charge on any atom is -0.506 e. The van der Waals surface area contributed by atoms with E-state index >= 15 is 0 Å². The highest BCUT2D eigenvalue weighted by Gasteiger charge is 2.28. The molecule has 0 aromatic heterocycles. The summed E-state index contributed by atoms with van der Waals surface area (Å²) >= 11 is 3.22.